The lowest BCUT2D eigenvalue weighted by molar-refractivity contribution is -0.149. The van der Waals surface area contributed by atoms with E-state index in [1.54, 1.807) is 0 Å². The van der Waals surface area contributed by atoms with Crippen LogP contribution in [0.5, 0.6) is 0 Å². The topological polar surface area (TPSA) is 52.6 Å². The lowest BCUT2D eigenvalue weighted by atomic mass is 10.1. The van der Waals surface area contributed by atoms with Crippen molar-refractivity contribution >= 4 is 11.9 Å². The largest absolute Gasteiger partial charge is 0.466 e. The highest BCUT2D eigenvalue weighted by Crippen LogP contribution is 2.12. The normalized spacial score (nSPS) is 12.0. The van der Waals surface area contributed by atoms with E-state index in [4.69, 9.17) is 9.47 Å². The van der Waals surface area contributed by atoms with E-state index in [-0.39, 0.29) is 18.0 Å². The van der Waals surface area contributed by atoms with Crippen LogP contribution in [0.3, 0.4) is 0 Å². The van der Waals surface area contributed by atoms with Crippen LogP contribution < -0.4 is 0 Å². The van der Waals surface area contributed by atoms with Crippen molar-refractivity contribution in [1.82, 2.24) is 0 Å². The van der Waals surface area contributed by atoms with E-state index in [1.165, 1.54) is 77.0 Å². The van der Waals surface area contributed by atoms with E-state index >= 15 is 0 Å². The van der Waals surface area contributed by atoms with Gasteiger partial charge in [-0.3, -0.25) is 9.59 Å². The number of hydrogen-bond acceptors (Lipinski definition) is 4. The highest BCUT2D eigenvalue weighted by Gasteiger charge is 2.11. The van der Waals surface area contributed by atoms with E-state index in [0.717, 1.165) is 25.7 Å². The number of carbonyl (C=O) groups excluding carboxylic acids is 2. The monoisotopic (exact) mass is 426 g/mol. The summed E-state index contributed by atoms with van der Waals surface area (Å²) in [4.78, 5) is 23.5. The molecule has 0 rings (SSSR count). The van der Waals surface area contributed by atoms with Crippen molar-refractivity contribution in [1.29, 1.82) is 0 Å². The summed E-state index contributed by atoms with van der Waals surface area (Å²) >= 11 is 0. The van der Waals surface area contributed by atoms with Gasteiger partial charge in [-0.15, -0.1) is 0 Å². The number of unbranched alkanes of at least 4 members (excludes halogenated alkanes) is 13. The van der Waals surface area contributed by atoms with Crippen molar-refractivity contribution in [2.24, 2.45) is 0 Å². The quantitative estimate of drug-likeness (QED) is 0.130. The standard InChI is InChI=1S/C26H50O4/c1-4-6-8-9-10-11-12-13-14-15-16-18-23-29-25(27)21-19-22-26(28)30-24(3)20-17-7-5-2/h24H,4-23H2,1-3H3. The van der Waals surface area contributed by atoms with Crippen LogP contribution in [0.4, 0.5) is 0 Å². The highest BCUT2D eigenvalue weighted by atomic mass is 16.5. The fourth-order valence-electron chi connectivity index (χ4n) is 3.60. The Morgan fingerprint density at radius 1 is 0.600 bits per heavy atom. The molecule has 0 aromatic heterocycles. The van der Waals surface area contributed by atoms with Crippen molar-refractivity contribution in [2.45, 2.75) is 149 Å². The van der Waals surface area contributed by atoms with Gasteiger partial charge in [0.2, 0.25) is 0 Å². The van der Waals surface area contributed by atoms with Gasteiger partial charge in [-0.05, 0) is 32.6 Å². The maximum Gasteiger partial charge on any atom is 0.306 e. The molecule has 0 N–H and O–H groups in total. The molecule has 1 atom stereocenters. The fraction of sp³-hybridized carbons (Fsp3) is 0.923. The van der Waals surface area contributed by atoms with Gasteiger partial charge in [-0.2, -0.15) is 0 Å². The molecule has 178 valence electrons. The second kappa shape index (κ2) is 22.6. The van der Waals surface area contributed by atoms with Crippen LogP contribution in [-0.2, 0) is 19.1 Å². The third-order valence-corrected chi connectivity index (χ3v) is 5.57. The predicted octanol–water partition coefficient (Wildman–Crippen LogP) is 7.91. The van der Waals surface area contributed by atoms with Gasteiger partial charge in [0.1, 0.15) is 0 Å². The first-order valence-electron chi connectivity index (χ1n) is 12.9. The molecule has 0 radical (unpaired) electrons. The van der Waals surface area contributed by atoms with E-state index < -0.39 is 0 Å². The average Bonchev–Trinajstić information content (AvgIpc) is 2.71. The maximum absolute atomic E-state index is 11.8. The molecule has 0 aliphatic carbocycles. The molecule has 0 fully saturated rings. The summed E-state index contributed by atoms with van der Waals surface area (Å²) in [6.07, 6.45) is 21.0. The van der Waals surface area contributed by atoms with E-state index in [0.29, 0.717) is 25.9 Å². The summed E-state index contributed by atoms with van der Waals surface area (Å²) in [5.74, 6) is -0.394. The number of hydrogen-bond donors (Lipinski definition) is 0. The Kier molecular flexibility index (Phi) is 21.8. The summed E-state index contributed by atoms with van der Waals surface area (Å²) in [7, 11) is 0. The van der Waals surface area contributed by atoms with Crippen LogP contribution >= 0.6 is 0 Å². The van der Waals surface area contributed by atoms with Gasteiger partial charge in [0.05, 0.1) is 12.7 Å². The highest BCUT2D eigenvalue weighted by molar-refractivity contribution is 5.72. The van der Waals surface area contributed by atoms with Gasteiger partial charge in [-0.1, -0.05) is 97.3 Å². The van der Waals surface area contributed by atoms with Gasteiger partial charge in [0.25, 0.3) is 0 Å². The van der Waals surface area contributed by atoms with Crippen molar-refractivity contribution in [3.8, 4) is 0 Å². The maximum atomic E-state index is 11.8. The summed E-state index contributed by atoms with van der Waals surface area (Å²) in [5, 5.41) is 0. The molecule has 0 spiro atoms. The molecule has 4 nitrogen and oxygen atoms in total. The number of rotatable bonds is 22. The van der Waals surface area contributed by atoms with Crippen molar-refractivity contribution in [3.05, 3.63) is 0 Å². The number of esters is 2. The summed E-state index contributed by atoms with van der Waals surface area (Å²) in [5.41, 5.74) is 0. The zero-order chi connectivity index (χ0) is 22.3. The molecule has 0 aromatic rings. The third-order valence-electron chi connectivity index (χ3n) is 5.57. The van der Waals surface area contributed by atoms with Crippen LogP contribution in [0, 0.1) is 0 Å². The molecule has 4 heteroatoms. The molecular weight excluding hydrogens is 376 g/mol. The minimum atomic E-state index is -0.201. The summed E-state index contributed by atoms with van der Waals surface area (Å²) in [6, 6.07) is 0. The van der Waals surface area contributed by atoms with Crippen LogP contribution in [-0.4, -0.2) is 24.6 Å². The molecule has 1 unspecified atom stereocenters. The van der Waals surface area contributed by atoms with Gasteiger partial charge in [0, 0.05) is 12.8 Å². The predicted molar refractivity (Wildman–Crippen MR) is 126 cm³/mol. The molecule has 0 aliphatic heterocycles. The van der Waals surface area contributed by atoms with Crippen LogP contribution in [0.15, 0.2) is 0 Å². The Hall–Kier alpha value is -1.06. The molecule has 0 amide bonds. The van der Waals surface area contributed by atoms with Crippen molar-refractivity contribution in [3.63, 3.8) is 0 Å². The Morgan fingerprint density at radius 2 is 1.07 bits per heavy atom. The molecular formula is C26H50O4. The van der Waals surface area contributed by atoms with Gasteiger partial charge < -0.3 is 9.47 Å². The van der Waals surface area contributed by atoms with Crippen molar-refractivity contribution in [2.75, 3.05) is 6.61 Å². The molecule has 0 heterocycles. The van der Waals surface area contributed by atoms with Crippen molar-refractivity contribution < 1.29 is 19.1 Å². The SMILES string of the molecule is CCCCCCCCCCCCCCOC(=O)CCCC(=O)OC(C)CCCCC. The van der Waals surface area contributed by atoms with E-state index in [1.807, 2.05) is 6.92 Å². The Balaban J connectivity index is 3.36. The first kappa shape index (κ1) is 28.9. The van der Waals surface area contributed by atoms with Gasteiger partial charge >= 0.3 is 11.9 Å². The average molecular weight is 427 g/mol. The lowest BCUT2D eigenvalue weighted by Crippen LogP contribution is -2.15. The molecule has 0 saturated heterocycles. The van der Waals surface area contributed by atoms with E-state index in [2.05, 4.69) is 13.8 Å². The van der Waals surface area contributed by atoms with Gasteiger partial charge in [0.15, 0.2) is 0 Å². The minimum Gasteiger partial charge on any atom is -0.466 e. The lowest BCUT2D eigenvalue weighted by Gasteiger charge is -2.12. The van der Waals surface area contributed by atoms with Crippen LogP contribution in [0.2, 0.25) is 0 Å². The van der Waals surface area contributed by atoms with Crippen LogP contribution in [0.25, 0.3) is 0 Å². The molecule has 30 heavy (non-hydrogen) atoms. The fourth-order valence-corrected chi connectivity index (χ4v) is 3.60. The van der Waals surface area contributed by atoms with Crippen LogP contribution in [0.1, 0.15) is 143 Å². The third kappa shape index (κ3) is 21.6. The Labute approximate surface area is 186 Å². The first-order chi connectivity index (χ1) is 14.6. The zero-order valence-corrected chi connectivity index (χ0v) is 20.4. The molecule has 0 aromatic carbocycles. The summed E-state index contributed by atoms with van der Waals surface area (Å²) in [6.45, 7) is 6.87. The molecule has 0 bridgehead atoms. The minimum absolute atomic E-state index is 0.0261. The molecule has 0 aliphatic rings. The number of carbonyl (C=O) groups is 2. The van der Waals surface area contributed by atoms with Gasteiger partial charge in [-0.25, -0.2) is 0 Å². The second-order valence-corrected chi connectivity index (χ2v) is 8.76. The number of ether oxygens (including phenoxy) is 2. The Bertz CT molecular complexity index is 394. The van der Waals surface area contributed by atoms with E-state index in [9.17, 15) is 9.59 Å². The molecule has 0 saturated carbocycles. The smallest absolute Gasteiger partial charge is 0.306 e. The zero-order valence-electron chi connectivity index (χ0n) is 20.4. The summed E-state index contributed by atoms with van der Waals surface area (Å²) < 4.78 is 10.6. The first-order valence-corrected chi connectivity index (χ1v) is 12.9. The second-order valence-electron chi connectivity index (χ2n) is 8.76. The Morgan fingerprint density at radius 3 is 1.63 bits per heavy atom.